The number of benzene rings is 2. The maximum absolute atomic E-state index is 13.4. The number of halogens is 1. The van der Waals surface area contributed by atoms with Crippen molar-refractivity contribution in [1.29, 1.82) is 0 Å². The predicted molar refractivity (Wildman–Crippen MR) is 95.9 cm³/mol. The van der Waals surface area contributed by atoms with E-state index in [1.54, 1.807) is 19.2 Å². The van der Waals surface area contributed by atoms with E-state index in [1.807, 2.05) is 12.1 Å². The SMILES string of the molecule is COc1ccc([Si]2(c3ccc(F)cc3)CC[N+](C)(C)CC2)cc1. The Balaban J connectivity index is 2.04. The van der Waals surface area contributed by atoms with E-state index in [2.05, 4.69) is 38.4 Å². The van der Waals surface area contributed by atoms with E-state index in [9.17, 15) is 4.39 Å². The van der Waals surface area contributed by atoms with E-state index in [0.29, 0.717) is 0 Å². The molecule has 1 heterocycles. The molecule has 122 valence electrons. The second-order valence-electron chi connectivity index (χ2n) is 7.20. The molecule has 2 nitrogen and oxygen atoms in total. The molecule has 0 unspecified atom stereocenters. The van der Waals surface area contributed by atoms with Crippen molar-refractivity contribution in [3.05, 3.63) is 54.3 Å². The van der Waals surface area contributed by atoms with E-state index in [4.69, 9.17) is 4.74 Å². The van der Waals surface area contributed by atoms with Gasteiger partial charge in [-0.15, -0.1) is 0 Å². The Kier molecular flexibility index (Phi) is 4.30. The molecule has 3 rings (SSSR count). The van der Waals surface area contributed by atoms with Gasteiger partial charge >= 0.3 is 0 Å². The van der Waals surface area contributed by atoms with Crippen molar-refractivity contribution in [2.75, 3.05) is 34.3 Å². The molecule has 0 spiro atoms. The smallest absolute Gasteiger partial charge is 0.129 e. The summed E-state index contributed by atoms with van der Waals surface area (Å²) in [6.45, 7) is 2.35. The average molecular weight is 330 g/mol. The fourth-order valence-electron chi connectivity index (χ4n) is 3.65. The molecule has 2 aromatic carbocycles. The number of nitrogens with zero attached hydrogens (tertiary/aromatic N) is 1. The molecule has 0 bridgehead atoms. The standard InChI is InChI=1S/C19H25FNOSi/c1-21(2)12-14-23(15-13-21,18-8-4-16(20)5-9-18)19-10-6-17(22-3)7-11-19/h4-11H,12-15H2,1-3H3/q+1. The Labute approximate surface area is 139 Å². The van der Waals surface area contributed by atoms with Crippen molar-refractivity contribution in [3.63, 3.8) is 0 Å². The number of hydrogen-bond donors (Lipinski definition) is 0. The van der Waals surface area contributed by atoms with Crippen LogP contribution in [0.25, 0.3) is 0 Å². The van der Waals surface area contributed by atoms with Gasteiger partial charge in [-0.3, -0.25) is 0 Å². The summed E-state index contributed by atoms with van der Waals surface area (Å²) in [6, 6.07) is 18.2. The molecule has 0 saturated carbocycles. The molecule has 23 heavy (non-hydrogen) atoms. The molecule has 1 aliphatic heterocycles. The zero-order chi connectivity index (χ0) is 16.5. The summed E-state index contributed by atoms with van der Waals surface area (Å²) in [5.74, 6) is 0.739. The van der Waals surface area contributed by atoms with Crippen LogP contribution in [-0.4, -0.2) is 46.9 Å². The molecule has 0 aromatic heterocycles. The largest absolute Gasteiger partial charge is 0.497 e. The lowest BCUT2D eigenvalue weighted by Gasteiger charge is -2.44. The Morgan fingerprint density at radius 2 is 1.35 bits per heavy atom. The van der Waals surface area contributed by atoms with Crippen molar-refractivity contribution < 1.29 is 13.6 Å². The normalized spacial score (nSPS) is 19.3. The van der Waals surface area contributed by atoms with Gasteiger partial charge in [-0.25, -0.2) is 4.39 Å². The summed E-state index contributed by atoms with van der Waals surface area (Å²) in [4.78, 5) is 0. The first-order chi connectivity index (χ1) is 11.0. The third kappa shape index (κ3) is 3.19. The summed E-state index contributed by atoms with van der Waals surface area (Å²) in [7, 11) is 4.48. The zero-order valence-electron chi connectivity index (χ0n) is 14.2. The minimum Gasteiger partial charge on any atom is -0.497 e. The van der Waals surface area contributed by atoms with Crippen LogP contribution >= 0.6 is 0 Å². The molecule has 4 heteroatoms. The van der Waals surface area contributed by atoms with Crippen LogP contribution < -0.4 is 15.1 Å². The van der Waals surface area contributed by atoms with Crippen molar-refractivity contribution >= 4 is 18.4 Å². The topological polar surface area (TPSA) is 9.23 Å². The molecule has 1 fully saturated rings. The molecular weight excluding hydrogens is 305 g/mol. The minimum atomic E-state index is -1.82. The Morgan fingerprint density at radius 1 is 0.870 bits per heavy atom. The van der Waals surface area contributed by atoms with Crippen LogP contribution in [0, 0.1) is 5.82 Å². The highest BCUT2D eigenvalue weighted by Crippen LogP contribution is 2.26. The van der Waals surface area contributed by atoms with Gasteiger partial charge in [-0.05, 0) is 24.3 Å². The number of quaternary nitrogens is 1. The van der Waals surface area contributed by atoms with Crippen LogP contribution in [0.1, 0.15) is 0 Å². The third-order valence-electron chi connectivity index (χ3n) is 5.33. The molecule has 0 aliphatic carbocycles. The highest BCUT2D eigenvalue weighted by Gasteiger charge is 2.43. The van der Waals surface area contributed by atoms with Gasteiger partial charge in [0, 0.05) is 12.1 Å². The highest BCUT2D eigenvalue weighted by atomic mass is 28.3. The van der Waals surface area contributed by atoms with Gasteiger partial charge in [-0.1, -0.05) is 34.6 Å². The maximum atomic E-state index is 13.4. The zero-order valence-corrected chi connectivity index (χ0v) is 15.2. The summed E-state index contributed by atoms with van der Waals surface area (Å²) >= 11 is 0. The highest BCUT2D eigenvalue weighted by molar-refractivity contribution is 7.02. The van der Waals surface area contributed by atoms with Crippen molar-refractivity contribution in [1.82, 2.24) is 0 Å². The van der Waals surface area contributed by atoms with E-state index < -0.39 is 8.07 Å². The van der Waals surface area contributed by atoms with Gasteiger partial charge in [0.15, 0.2) is 0 Å². The monoisotopic (exact) mass is 330 g/mol. The van der Waals surface area contributed by atoms with Crippen molar-refractivity contribution in [2.45, 2.75) is 12.1 Å². The lowest BCUT2D eigenvalue weighted by atomic mass is 10.3. The van der Waals surface area contributed by atoms with Crippen molar-refractivity contribution in [2.24, 2.45) is 0 Å². The van der Waals surface area contributed by atoms with Crippen LogP contribution in [0.3, 0.4) is 0 Å². The minimum absolute atomic E-state index is 0.153. The van der Waals surface area contributed by atoms with Crippen LogP contribution in [0.15, 0.2) is 48.5 Å². The second-order valence-corrected chi connectivity index (χ2v) is 11.5. The van der Waals surface area contributed by atoms with Crippen LogP contribution in [0.5, 0.6) is 5.75 Å². The molecule has 2 aromatic rings. The van der Waals surface area contributed by atoms with Crippen LogP contribution in [0.2, 0.25) is 12.1 Å². The predicted octanol–water partition coefficient (Wildman–Crippen LogP) is 2.49. The Morgan fingerprint density at radius 3 is 1.83 bits per heavy atom. The molecule has 0 amide bonds. The fraction of sp³-hybridized carbons (Fsp3) is 0.368. The number of ether oxygens (including phenoxy) is 1. The summed E-state index contributed by atoms with van der Waals surface area (Å²) in [5.41, 5.74) is 0. The van der Waals surface area contributed by atoms with E-state index in [-0.39, 0.29) is 5.82 Å². The molecule has 0 radical (unpaired) electrons. The summed E-state index contributed by atoms with van der Waals surface area (Å²) in [5, 5.41) is 2.79. The summed E-state index contributed by atoms with van der Waals surface area (Å²) < 4.78 is 19.8. The quantitative estimate of drug-likeness (QED) is 0.621. The van der Waals surface area contributed by atoms with Gasteiger partial charge in [-0.2, -0.15) is 0 Å². The average Bonchev–Trinajstić information content (AvgIpc) is 2.56. The first-order valence-electron chi connectivity index (χ1n) is 8.18. The molecule has 0 N–H and O–H groups in total. The summed E-state index contributed by atoms with van der Waals surface area (Å²) in [6.07, 6.45) is 0. The molecule has 0 atom stereocenters. The van der Waals surface area contributed by atoms with Gasteiger partial charge in [0.25, 0.3) is 0 Å². The molecule has 1 saturated heterocycles. The first-order valence-corrected chi connectivity index (χ1v) is 10.6. The van der Waals surface area contributed by atoms with Gasteiger partial charge in [0.2, 0.25) is 0 Å². The number of methoxy groups -OCH3 is 1. The van der Waals surface area contributed by atoms with Gasteiger partial charge < -0.3 is 9.22 Å². The lowest BCUT2D eigenvalue weighted by Crippen LogP contribution is -2.65. The van der Waals surface area contributed by atoms with E-state index in [1.165, 1.54) is 35.6 Å². The molecular formula is C19H25FNOSi+. The van der Waals surface area contributed by atoms with Crippen LogP contribution in [0.4, 0.5) is 4.39 Å². The van der Waals surface area contributed by atoms with Crippen molar-refractivity contribution in [3.8, 4) is 5.75 Å². The van der Waals surface area contributed by atoms with E-state index >= 15 is 0 Å². The number of hydrogen-bond acceptors (Lipinski definition) is 1. The number of rotatable bonds is 3. The van der Waals surface area contributed by atoms with Crippen LogP contribution in [-0.2, 0) is 0 Å². The van der Waals surface area contributed by atoms with Gasteiger partial charge in [0.1, 0.15) is 19.6 Å². The lowest BCUT2D eigenvalue weighted by molar-refractivity contribution is -0.888. The fourth-order valence-corrected chi connectivity index (χ4v) is 8.97. The maximum Gasteiger partial charge on any atom is 0.129 e. The Hall–Kier alpha value is -1.65. The Bertz CT molecular complexity index is 657. The van der Waals surface area contributed by atoms with Gasteiger partial charge in [0.05, 0.1) is 34.3 Å². The van der Waals surface area contributed by atoms with E-state index in [0.717, 1.165) is 10.2 Å². The third-order valence-corrected chi connectivity index (χ3v) is 10.4. The second kappa shape index (κ2) is 6.10. The first kappa shape index (κ1) is 16.2. The molecule has 1 aliphatic rings.